The summed E-state index contributed by atoms with van der Waals surface area (Å²) in [7, 11) is 1.65. The zero-order valence-corrected chi connectivity index (χ0v) is 12.2. The fourth-order valence-corrected chi connectivity index (χ4v) is 1.50. The highest BCUT2D eigenvalue weighted by molar-refractivity contribution is 5.22. The van der Waals surface area contributed by atoms with Gasteiger partial charge in [0.25, 0.3) is 5.56 Å². The van der Waals surface area contributed by atoms with Gasteiger partial charge < -0.3 is 9.30 Å². The van der Waals surface area contributed by atoms with Crippen LogP contribution in [0.1, 0.15) is 25.4 Å². The number of hydrogen-bond acceptors (Lipinski definition) is 3. The second-order valence-corrected chi connectivity index (χ2v) is 3.94. The van der Waals surface area contributed by atoms with Crippen LogP contribution in [0.5, 0.6) is 5.75 Å². The number of halogens is 1. The average molecular weight is 278 g/mol. The molecule has 108 valence electrons. The summed E-state index contributed by atoms with van der Waals surface area (Å²) in [6, 6.07) is 7.25. The van der Waals surface area contributed by atoms with Crippen LogP contribution in [0.4, 0.5) is 4.39 Å². The monoisotopic (exact) mass is 278 g/mol. The molecule has 0 saturated heterocycles. The van der Waals surface area contributed by atoms with Crippen molar-refractivity contribution in [3.05, 3.63) is 58.0 Å². The zero-order valence-electron chi connectivity index (χ0n) is 12.2. The first-order valence-electron chi connectivity index (χ1n) is 6.48. The van der Waals surface area contributed by atoms with Gasteiger partial charge in [-0.15, -0.1) is 0 Å². The molecule has 0 radical (unpaired) electrons. The van der Waals surface area contributed by atoms with Crippen LogP contribution < -0.4 is 10.3 Å². The Balaban J connectivity index is 0.000000956. The van der Waals surface area contributed by atoms with Gasteiger partial charge in [-0.05, 0) is 19.1 Å². The largest absolute Gasteiger partial charge is 0.487 e. The Morgan fingerprint density at radius 3 is 2.60 bits per heavy atom. The molecule has 0 saturated carbocycles. The summed E-state index contributed by atoms with van der Waals surface area (Å²) in [4.78, 5) is 15.7. The molecular formula is C15H19FN2O2. The van der Waals surface area contributed by atoms with E-state index in [0.717, 1.165) is 0 Å². The fourth-order valence-electron chi connectivity index (χ4n) is 1.50. The Bertz CT molecular complexity index is 624. The van der Waals surface area contributed by atoms with Crippen LogP contribution in [-0.4, -0.2) is 9.55 Å². The van der Waals surface area contributed by atoms with Gasteiger partial charge in [0, 0.05) is 19.2 Å². The van der Waals surface area contributed by atoms with Crippen LogP contribution in [0.25, 0.3) is 0 Å². The molecule has 0 N–H and O–H groups in total. The minimum absolute atomic E-state index is 0.139. The zero-order chi connectivity index (χ0) is 15.1. The Kier molecular flexibility index (Phi) is 5.90. The molecule has 1 aromatic heterocycles. The highest BCUT2D eigenvalue weighted by Crippen LogP contribution is 2.13. The first kappa shape index (κ1) is 15.9. The van der Waals surface area contributed by atoms with Crippen LogP contribution in [-0.2, 0) is 13.7 Å². The van der Waals surface area contributed by atoms with Crippen molar-refractivity contribution in [3.8, 4) is 5.75 Å². The molecule has 1 heterocycles. The van der Waals surface area contributed by atoms with Gasteiger partial charge in [0.15, 0.2) is 0 Å². The average Bonchev–Trinajstić information content (AvgIpc) is 2.44. The Hall–Kier alpha value is -2.17. The number of aryl methyl sites for hydroxylation is 1. The first-order chi connectivity index (χ1) is 9.56. The van der Waals surface area contributed by atoms with Crippen LogP contribution in [0.15, 0.2) is 35.1 Å². The molecule has 0 aliphatic heterocycles. The summed E-state index contributed by atoms with van der Waals surface area (Å²) in [5.41, 5.74) is 0.389. The highest BCUT2D eigenvalue weighted by Gasteiger charge is 2.03. The van der Waals surface area contributed by atoms with Crippen molar-refractivity contribution in [1.82, 2.24) is 9.55 Å². The van der Waals surface area contributed by atoms with E-state index in [1.165, 1.54) is 22.8 Å². The summed E-state index contributed by atoms with van der Waals surface area (Å²) in [6.45, 7) is 5.88. The normalized spacial score (nSPS) is 9.65. The maximum absolute atomic E-state index is 12.9. The van der Waals surface area contributed by atoms with Crippen molar-refractivity contribution < 1.29 is 9.13 Å². The molecule has 0 fully saturated rings. The van der Waals surface area contributed by atoms with Crippen LogP contribution >= 0.6 is 0 Å². The second-order valence-electron chi connectivity index (χ2n) is 3.94. The van der Waals surface area contributed by atoms with Crippen LogP contribution in [0.3, 0.4) is 0 Å². The Labute approximate surface area is 117 Å². The quantitative estimate of drug-likeness (QED) is 0.867. The maximum Gasteiger partial charge on any atom is 0.253 e. The van der Waals surface area contributed by atoms with Crippen molar-refractivity contribution in [3.63, 3.8) is 0 Å². The molecule has 4 nitrogen and oxygen atoms in total. The fraction of sp³-hybridized carbons (Fsp3) is 0.333. The van der Waals surface area contributed by atoms with Gasteiger partial charge in [0.2, 0.25) is 0 Å². The van der Waals surface area contributed by atoms with Gasteiger partial charge in [-0.3, -0.25) is 4.79 Å². The minimum atomic E-state index is -0.361. The van der Waals surface area contributed by atoms with Crippen LogP contribution in [0.2, 0.25) is 0 Å². The van der Waals surface area contributed by atoms with Crippen molar-refractivity contribution in [2.24, 2.45) is 7.05 Å². The lowest BCUT2D eigenvalue weighted by Crippen LogP contribution is -2.21. The second kappa shape index (κ2) is 7.43. The first-order valence-corrected chi connectivity index (χ1v) is 6.48. The Morgan fingerprint density at radius 2 is 2.00 bits per heavy atom. The number of aromatic nitrogens is 2. The van der Waals surface area contributed by atoms with Gasteiger partial charge in [-0.25, -0.2) is 9.37 Å². The summed E-state index contributed by atoms with van der Waals surface area (Å²) < 4.78 is 19.7. The molecule has 0 aliphatic carbocycles. The number of hydrogen-bond donors (Lipinski definition) is 0. The lowest BCUT2D eigenvalue weighted by atomic mass is 10.3. The third-order valence-corrected chi connectivity index (χ3v) is 2.59. The lowest BCUT2D eigenvalue weighted by molar-refractivity contribution is 0.298. The van der Waals surface area contributed by atoms with Crippen molar-refractivity contribution in [2.45, 2.75) is 27.4 Å². The molecular weight excluding hydrogens is 259 g/mol. The molecule has 2 aromatic rings. The van der Waals surface area contributed by atoms with Gasteiger partial charge in [-0.1, -0.05) is 19.9 Å². The summed E-state index contributed by atoms with van der Waals surface area (Å²) in [5.74, 6) is 0.663. The molecule has 0 bridgehead atoms. The van der Waals surface area contributed by atoms with E-state index < -0.39 is 0 Å². The van der Waals surface area contributed by atoms with E-state index in [4.69, 9.17) is 4.74 Å². The molecule has 0 spiro atoms. The Morgan fingerprint density at radius 1 is 1.30 bits per heavy atom. The van der Waals surface area contributed by atoms with Crippen molar-refractivity contribution in [1.29, 1.82) is 0 Å². The lowest BCUT2D eigenvalue weighted by Gasteiger charge is -2.08. The predicted molar refractivity (Wildman–Crippen MR) is 76.3 cm³/mol. The van der Waals surface area contributed by atoms with E-state index in [1.54, 1.807) is 26.1 Å². The standard InChI is InChI=1S/C13H13FN2O2.C2H6/c1-9-15-11(7-13(17)16(9)2)8-18-12-5-3-4-10(14)6-12;1-2/h3-7H,8H2,1-2H3;1-2H3. The topological polar surface area (TPSA) is 44.1 Å². The van der Waals surface area contributed by atoms with Gasteiger partial charge in [-0.2, -0.15) is 0 Å². The van der Waals surface area contributed by atoms with Gasteiger partial charge in [0.05, 0.1) is 5.69 Å². The third-order valence-electron chi connectivity index (χ3n) is 2.59. The smallest absolute Gasteiger partial charge is 0.253 e. The highest BCUT2D eigenvalue weighted by atomic mass is 19.1. The number of benzene rings is 1. The SMILES string of the molecule is CC.Cc1nc(COc2cccc(F)c2)cc(=O)n1C. The predicted octanol–water partition coefficient (Wildman–Crippen LogP) is 2.83. The van der Waals surface area contributed by atoms with Crippen molar-refractivity contribution in [2.75, 3.05) is 0 Å². The maximum atomic E-state index is 12.9. The third kappa shape index (κ3) is 4.19. The molecule has 0 aliphatic rings. The summed E-state index contributed by atoms with van der Waals surface area (Å²) in [6.07, 6.45) is 0. The van der Waals surface area contributed by atoms with E-state index in [9.17, 15) is 9.18 Å². The van der Waals surface area contributed by atoms with E-state index in [2.05, 4.69) is 4.98 Å². The van der Waals surface area contributed by atoms with Crippen LogP contribution in [0, 0.1) is 12.7 Å². The molecule has 0 amide bonds. The number of rotatable bonds is 3. The van der Waals surface area contributed by atoms with Gasteiger partial charge >= 0.3 is 0 Å². The molecule has 0 atom stereocenters. The number of ether oxygens (including phenoxy) is 1. The molecule has 2 rings (SSSR count). The molecule has 0 unspecified atom stereocenters. The van der Waals surface area contributed by atoms with E-state index >= 15 is 0 Å². The molecule has 20 heavy (non-hydrogen) atoms. The minimum Gasteiger partial charge on any atom is -0.487 e. The number of nitrogens with zero attached hydrogens (tertiary/aromatic N) is 2. The van der Waals surface area contributed by atoms with E-state index in [0.29, 0.717) is 17.3 Å². The van der Waals surface area contributed by atoms with Crippen molar-refractivity contribution >= 4 is 0 Å². The molecule has 1 aromatic carbocycles. The summed E-state index contributed by atoms with van der Waals surface area (Å²) in [5, 5.41) is 0. The van der Waals surface area contributed by atoms with E-state index in [1.807, 2.05) is 13.8 Å². The van der Waals surface area contributed by atoms with Gasteiger partial charge in [0.1, 0.15) is 24.0 Å². The molecule has 5 heteroatoms. The summed E-state index contributed by atoms with van der Waals surface area (Å²) >= 11 is 0. The van der Waals surface area contributed by atoms with E-state index in [-0.39, 0.29) is 18.0 Å².